The van der Waals surface area contributed by atoms with E-state index in [1.807, 2.05) is 5.43 Å². The van der Waals surface area contributed by atoms with Crippen molar-refractivity contribution in [2.45, 2.75) is 32.2 Å². The van der Waals surface area contributed by atoms with Crippen LogP contribution in [0.2, 0.25) is 0 Å². The van der Waals surface area contributed by atoms with Gasteiger partial charge in [-0.25, -0.2) is 5.84 Å². The van der Waals surface area contributed by atoms with Crippen LogP contribution in [0.3, 0.4) is 0 Å². The maximum atomic E-state index is 11.4. The summed E-state index contributed by atoms with van der Waals surface area (Å²) in [5.41, 5.74) is 2.05. The van der Waals surface area contributed by atoms with Crippen molar-refractivity contribution in [3.05, 3.63) is 0 Å². The first-order valence-electron chi connectivity index (χ1n) is 4.46. The molecule has 13 heavy (non-hydrogen) atoms. The van der Waals surface area contributed by atoms with Gasteiger partial charge in [0.15, 0.2) is 0 Å². The van der Waals surface area contributed by atoms with Crippen LogP contribution in [0.4, 0.5) is 0 Å². The Kier molecular flexibility index (Phi) is 3.25. The largest absolute Gasteiger partial charge is 0.331 e. The molecule has 0 aromatic rings. The van der Waals surface area contributed by atoms with Gasteiger partial charge < -0.3 is 4.90 Å². The zero-order chi connectivity index (χ0) is 9.84. The van der Waals surface area contributed by atoms with Gasteiger partial charge in [-0.3, -0.25) is 15.0 Å². The quantitative estimate of drug-likeness (QED) is 0.342. The van der Waals surface area contributed by atoms with Crippen LogP contribution in [0.25, 0.3) is 0 Å². The molecule has 0 spiro atoms. The van der Waals surface area contributed by atoms with Crippen LogP contribution in [0.5, 0.6) is 0 Å². The summed E-state index contributed by atoms with van der Waals surface area (Å²) in [5, 5.41) is 0. The molecular formula is C8H15N3O2. The number of piperidine rings is 1. The van der Waals surface area contributed by atoms with E-state index in [1.54, 1.807) is 11.8 Å². The van der Waals surface area contributed by atoms with Gasteiger partial charge in [-0.2, -0.15) is 0 Å². The Hall–Kier alpha value is -1.10. The highest BCUT2D eigenvalue weighted by molar-refractivity contribution is 5.87. The lowest BCUT2D eigenvalue weighted by Crippen LogP contribution is -2.51. The maximum absolute atomic E-state index is 11.4. The topological polar surface area (TPSA) is 75.4 Å². The molecular weight excluding hydrogens is 170 g/mol. The molecule has 0 radical (unpaired) electrons. The van der Waals surface area contributed by atoms with Gasteiger partial charge in [-0.1, -0.05) is 0 Å². The highest BCUT2D eigenvalue weighted by Crippen LogP contribution is 2.13. The molecule has 74 valence electrons. The fourth-order valence-electron chi connectivity index (χ4n) is 1.50. The van der Waals surface area contributed by atoms with Crippen molar-refractivity contribution in [2.24, 2.45) is 5.84 Å². The first-order chi connectivity index (χ1) is 6.16. The number of rotatable bonds is 2. The molecule has 0 aliphatic carbocycles. The number of likely N-dealkylation sites (tertiary alicyclic amines) is 1. The Bertz CT molecular complexity index is 217. The minimum absolute atomic E-state index is 0.0438. The van der Waals surface area contributed by atoms with E-state index in [2.05, 4.69) is 0 Å². The molecule has 1 fully saturated rings. The molecule has 0 saturated carbocycles. The lowest BCUT2D eigenvalue weighted by Gasteiger charge is -2.31. The summed E-state index contributed by atoms with van der Waals surface area (Å²) in [7, 11) is 0. The van der Waals surface area contributed by atoms with Crippen molar-refractivity contribution >= 4 is 11.8 Å². The second kappa shape index (κ2) is 4.23. The van der Waals surface area contributed by atoms with E-state index in [4.69, 9.17) is 5.84 Å². The Morgan fingerprint density at radius 3 is 2.85 bits per heavy atom. The molecule has 1 atom stereocenters. The van der Waals surface area contributed by atoms with Crippen molar-refractivity contribution < 1.29 is 9.59 Å². The number of hydrogen-bond acceptors (Lipinski definition) is 3. The van der Waals surface area contributed by atoms with Crippen LogP contribution in [-0.4, -0.2) is 29.3 Å². The minimum atomic E-state index is -0.446. The first kappa shape index (κ1) is 9.98. The highest BCUT2D eigenvalue weighted by Gasteiger charge is 2.26. The number of hydrogen-bond donors (Lipinski definition) is 2. The van der Waals surface area contributed by atoms with Gasteiger partial charge >= 0.3 is 0 Å². The molecule has 0 bridgehead atoms. The van der Waals surface area contributed by atoms with E-state index in [1.165, 1.54) is 0 Å². The Balaban J connectivity index is 2.58. The van der Waals surface area contributed by atoms with E-state index >= 15 is 0 Å². The van der Waals surface area contributed by atoms with Gasteiger partial charge in [0.2, 0.25) is 5.91 Å². The summed E-state index contributed by atoms with van der Waals surface area (Å²) >= 11 is 0. The SMILES string of the molecule is CC(C(=O)NN)N1CCCCC1=O. The average molecular weight is 185 g/mol. The van der Waals surface area contributed by atoms with Crippen LogP contribution in [0, 0.1) is 0 Å². The summed E-state index contributed by atoms with van der Waals surface area (Å²) in [6.45, 7) is 2.35. The molecule has 1 unspecified atom stereocenters. The summed E-state index contributed by atoms with van der Waals surface area (Å²) in [4.78, 5) is 24.1. The van der Waals surface area contributed by atoms with Gasteiger partial charge in [0.1, 0.15) is 6.04 Å². The van der Waals surface area contributed by atoms with Crippen LogP contribution in [-0.2, 0) is 9.59 Å². The standard InChI is InChI=1S/C8H15N3O2/c1-6(8(13)10-9)11-5-3-2-4-7(11)12/h6H,2-5,9H2,1H3,(H,10,13). The van der Waals surface area contributed by atoms with Crippen LogP contribution < -0.4 is 11.3 Å². The first-order valence-corrected chi connectivity index (χ1v) is 4.46. The molecule has 1 aliphatic rings. The second-order valence-corrected chi connectivity index (χ2v) is 3.23. The molecule has 1 rings (SSSR count). The third-order valence-corrected chi connectivity index (χ3v) is 2.35. The average Bonchev–Trinajstić information content (AvgIpc) is 2.16. The fraction of sp³-hybridized carbons (Fsp3) is 0.750. The maximum Gasteiger partial charge on any atom is 0.256 e. The number of carbonyl (C=O) groups excluding carboxylic acids is 2. The summed E-state index contributed by atoms with van der Waals surface area (Å²) < 4.78 is 0. The van der Waals surface area contributed by atoms with Gasteiger partial charge in [0.05, 0.1) is 0 Å². The zero-order valence-corrected chi connectivity index (χ0v) is 7.75. The van der Waals surface area contributed by atoms with Crippen LogP contribution in [0.1, 0.15) is 26.2 Å². The minimum Gasteiger partial charge on any atom is -0.331 e. The van der Waals surface area contributed by atoms with E-state index in [0.29, 0.717) is 13.0 Å². The van der Waals surface area contributed by atoms with E-state index in [9.17, 15) is 9.59 Å². The summed E-state index contributed by atoms with van der Waals surface area (Å²) in [6.07, 6.45) is 2.43. The number of carbonyl (C=O) groups is 2. The van der Waals surface area contributed by atoms with Crippen molar-refractivity contribution in [1.29, 1.82) is 0 Å². The highest BCUT2D eigenvalue weighted by atomic mass is 16.2. The summed E-state index contributed by atoms with van der Waals surface area (Å²) in [5.74, 6) is 4.72. The smallest absolute Gasteiger partial charge is 0.256 e. The van der Waals surface area contributed by atoms with Crippen molar-refractivity contribution in [1.82, 2.24) is 10.3 Å². The fourth-order valence-corrected chi connectivity index (χ4v) is 1.50. The van der Waals surface area contributed by atoms with E-state index in [0.717, 1.165) is 12.8 Å². The predicted molar refractivity (Wildman–Crippen MR) is 47.4 cm³/mol. The van der Waals surface area contributed by atoms with Gasteiger partial charge in [0.25, 0.3) is 5.91 Å². The summed E-state index contributed by atoms with van der Waals surface area (Å²) in [6, 6.07) is -0.446. The molecule has 2 amide bonds. The molecule has 3 N–H and O–H groups in total. The number of hydrazine groups is 1. The van der Waals surface area contributed by atoms with Gasteiger partial charge in [-0.15, -0.1) is 0 Å². The molecule has 1 saturated heterocycles. The Morgan fingerprint density at radius 2 is 2.31 bits per heavy atom. The predicted octanol–water partition coefficient (Wildman–Crippen LogP) is -0.623. The molecule has 5 nitrogen and oxygen atoms in total. The van der Waals surface area contributed by atoms with E-state index in [-0.39, 0.29) is 11.8 Å². The Morgan fingerprint density at radius 1 is 1.62 bits per heavy atom. The van der Waals surface area contributed by atoms with E-state index < -0.39 is 6.04 Å². The normalized spacial score (nSPS) is 19.8. The lowest BCUT2D eigenvalue weighted by atomic mass is 10.1. The molecule has 1 aliphatic heterocycles. The second-order valence-electron chi connectivity index (χ2n) is 3.23. The zero-order valence-electron chi connectivity index (χ0n) is 7.75. The Labute approximate surface area is 77.2 Å². The monoisotopic (exact) mass is 185 g/mol. The molecule has 0 aromatic heterocycles. The third-order valence-electron chi connectivity index (χ3n) is 2.35. The number of nitrogens with two attached hydrogens (primary N) is 1. The van der Waals surface area contributed by atoms with Crippen molar-refractivity contribution in [3.63, 3.8) is 0 Å². The number of nitrogens with zero attached hydrogens (tertiary/aromatic N) is 1. The number of amides is 2. The number of nitrogens with one attached hydrogen (secondary N) is 1. The van der Waals surface area contributed by atoms with Crippen molar-refractivity contribution in [2.75, 3.05) is 6.54 Å². The van der Waals surface area contributed by atoms with Gasteiger partial charge in [0, 0.05) is 13.0 Å². The lowest BCUT2D eigenvalue weighted by molar-refractivity contribution is -0.141. The molecule has 5 heteroatoms. The molecule has 0 aromatic carbocycles. The van der Waals surface area contributed by atoms with Gasteiger partial charge in [-0.05, 0) is 19.8 Å². The molecule has 1 heterocycles. The third kappa shape index (κ3) is 2.18. The van der Waals surface area contributed by atoms with Crippen LogP contribution >= 0.6 is 0 Å². The van der Waals surface area contributed by atoms with Crippen molar-refractivity contribution in [3.8, 4) is 0 Å². The van der Waals surface area contributed by atoms with Crippen LogP contribution in [0.15, 0.2) is 0 Å².